The van der Waals surface area contributed by atoms with Gasteiger partial charge in [0.15, 0.2) is 0 Å². The Bertz CT molecular complexity index is 465. The van der Waals surface area contributed by atoms with E-state index in [1.807, 2.05) is 35.2 Å². The summed E-state index contributed by atoms with van der Waals surface area (Å²) in [6, 6.07) is 9.47. The molecule has 1 atom stereocenters. The van der Waals surface area contributed by atoms with E-state index in [9.17, 15) is 9.59 Å². The van der Waals surface area contributed by atoms with Crippen molar-refractivity contribution in [3.63, 3.8) is 0 Å². The van der Waals surface area contributed by atoms with Gasteiger partial charge in [-0.2, -0.15) is 0 Å². The van der Waals surface area contributed by atoms with Crippen LogP contribution in [0.3, 0.4) is 0 Å². The lowest BCUT2D eigenvalue weighted by Gasteiger charge is -2.24. The lowest BCUT2D eigenvalue weighted by atomic mass is 10.0. The monoisotopic (exact) mass is 288 g/mol. The summed E-state index contributed by atoms with van der Waals surface area (Å²) >= 11 is 0. The second kappa shape index (κ2) is 7.81. The van der Waals surface area contributed by atoms with Gasteiger partial charge in [0.2, 0.25) is 11.8 Å². The SMILES string of the molecule is CC(=O)N[C@@H](CC(=O)N1CCCCCC1)c1ccccc1. The molecule has 1 aromatic rings. The molecule has 1 fully saturated rings. The largest absolute Gasteiger partial charge is 0.349 e. The second-order valence-electron chi connectivity index (χ2n) is 5.66. The Morgan fingerprint density at radius 3 is 2.29 bits per heavy atom. The van der Waals surface area contributed by atoms with Crippen LogP contribution in [0.2, 0.25) is 0 Å². The van der Waals surface area contributed by atoms with Crippen molar-refractivity contribution in [1.82, 2.24) is 10.2 Å². The summed E-state index contributed by atoms with van der Waals surface area (Å²) in [5.74, 6) is 0.0343. The van der Waals surface area contributed by atoms with Gasteiger partial charge >= 0.3 is 0 Å². The average Bonchev–Trinajstić information content (AvgIpc) is 2.76. The number of benzene rings is 1. The van der Waals surface area contributed by atoms with Crippen molar-refractivity contribution in [2.24, 2.45) is 0 Å². The summed E-state index contributed by atoms with van der Waals surface area (Å²) in [7, 11) is 0. The van der Waals surface area contributed by atoms with Gasteiger partial charge in [-0.25, -0.2) is 0 Å². The lowest BCUT2D eigenvalue weighted by Crippen LogP contribution is -2.36. The van der Waals surface area contributed by atoms with Gasteiger partial charge in [0, 0.05) is 20.0 Å². The summed E-state index contributed by atoms with van der Waals surface area (Å²) < 4.78 is 0. The molecule has 0 unspecified atom stereocenters. The van der Waals surface area contributed by atoms with Gasteiger partial charge in [-0.15, -0.1) is 0 Å². The Morgan fingerprint density at radius 2 is 1.71 bits per heavy atom. The third-order valence-corrected chi connectivity index (χ3v) is 3.92. The van der Waals surface area contributed by atoms with Crippen LogP contribution in [0.1, 0.15) is 50.6 Å². The van der Waals surface area contributed by atoms with Gasteiger partial charge in [0.05, 0.1) is 12.5 Å². The summed E-state index contributed by atoms with van der Waals surface area (Å²) in [6.07, 6.45) is 4.92. The second-order valence-corrected chi connectivity index (χ2v) is 5.66. The Labute approximate surface area is 126 Å². The molecule has 1 aliphatic rings. The van der Waals surface area contributed by atoms with Gasteiger partial charge < -0.3 is 10.2 Å². The Hall–Kier alpha value is -1.84. The predicted octanol–water partition coefficient (Wildman–Crippen LogP) is 2.66. The van der Waals surface area contributed by atoms with Crippen LogP contribution in [0, 0.1) is 0 Å². The van der Waals surface area contributed by atoms with Crippen LogP contribution in [0.4, 0.5) is 0 Å². The normalized spacial score (nSPS) is 16.9. The molecule has 4 nitrogen and oxygen atoms in total. The Morgan fingerprint density at radius 1 is 1.10 bits per heavy atom. The molecule has 1 saturated heterocycles. The van der Waals surface area contributed by atoms with E-state index in [0.29, 0.717) is 6.42 Å². The smallest absolute Gasteiger partial charge is 0.224 e. The maximum atomic E-state index is 12.5. The van der Waals surface area contributed by atoms with Crippen molar-refractivity contribution in [2.75, 3.05) is 13.1 Å². The Kier molecular flexibility index (Phi) is 5.78. The van der Waals surface area contributed by atoms with Crippen LogP contribution in [-0.2, 0) is 9.59 Å². The van der Waals surface area contributed by atoms with Crippen LogP contribution < -0.4 is 5.32 Å². The molecule has 0 aliphatic carbocycles. The number of carbonyl (C=O) groups excluding carboxylic acids is 2. The summed E-state index contributed by atoms with van der Waals surface area (Å²) in [4.78, 5) is 25.8. The summed E-state index contributed by atoms with van der Waals surface area (Å²) in [5.41, 5.74) is 0.982. The number of carbonyl (C=O) groups is 2. The molecule has 114 valence electrons. The van der Waals surface area contributed by atoms with Gasteiger partial charge in [-0.1, -0.05) is 43.2 Å². The number of nitrogens with one attached hydrogen (secondary N) is 1. The minimum absolute atomic E-state index is 0.104. The van der Waals surface area contributed by atoms with Crippen molar-refractivity contribution in [3.05, 3.63) is 35.9 Å². The van der Waals surface area contributed by atoms with E-state index in [1.54, 1.807) is 0 Å². The molecule has 1 heterocycles. The summed E-state index contributed by atoms with van der Waals surface area (Å²) in [5, 5.41) is 2.90. The highest BCUT2D eigenvalue weighted by atomic mass is 16.2. The first kappa shape index (κ1) is 15.5. The van der Waals surface area contributed by atoms with Gasteiger partial charge in [0.25, 0.3) is 0 Å². The van der Waals surface area contributed by atoms with Crippen molar-refractivity contribution in [1.29, 1.82) is 0 Å². The zero-order valence-electron chi connectivity index (χ0n) is 12.7. The topological polar surface area (TPSA) is 49.4 Å². The molecule has 0 aromatic heterocycles. The number of likely N-dealkylation sites (tertiary alicyclic amines) is 1. The zero-order chi connectivity index (χ0) is 15.1. The molecule has 4 heteroatoms. The maximum Gasteiger partial charge on any atom is 0.224 e. The number of nitrogens with zero attached hydrogens (tertiary/aromatic N) is 1. The highest BCUT2D eigenvalue weighted by Gasteiger charge is 2.21. The predicted molar refractivity (Wildman–Crippen MR) is 82.7 cm³/mol. The molecule has 0 saturated carbocycles. The van der Waals surface area contributed by atoms with Crippen LogP contribution in [-0.4, -0.2) is 29.8 Å². The summed E-state index contributed by atoms with van der Waals surface area (Å²) in [6.45, 7) is 3.19. The van der Waals surface area contributed by atoms with Crippen LogP contribution in [0.15, 0.2) is 30.3 Å². The third-order valence-electron chi connectivity index (χ3n) is 3.92. The number of hydrogen-bond donors (Lipinski definition) is 1. The first-order chi connectivity index (χ1) is 10.2. The van der Waals surface area contributed by atoms with Gasteiger partial charge in [-0.05, 0) is 18.4 Å². The minimum Gasteiger partial charge on any atom is -0.349 e. The van der Waals surface area contributed by atoms with Gasteiger partial charge in [-0.3, -0.25) is 9.59 Å². The van der Waals surface area contributed by atoms with E-state index in [2.05, 4.69) is 5.32 Å². The van der Waals surface area contributed by atoms with E-state index in [0.717, 1.165) is 31.5 Å². The molecule has 2 amide bonds. The van der Waals surface area contributed by atoms with Crippen molar-refractivity contribution in [2.45, 2.75) is 45.1 Å². The molecule has 21 heavy (non-hydrogen) atoms. The van der Waals surface area contributed by atoms with Crippen molar-refractivity contribution < 1.29 is 9.59 Å². The molecule has 2 rings (SSSR count). The molecule has 0 bridgehead atoms. The lowest BCUT2D eigenvalue weighted by molar-refractivity contribution is -0.132. The Balaban J connectivity index is 2.03. The number of amides is 2. The van der Waals surface area contributed by atoms with Crippen LogP contribution in [0.25, 0.3) is 0 Å². The highest BCUT2D eigenvalue weighted by Crippen LogP contribution is 2.19. The van der Waals surface area contributed by atoms with E-state index in [-0.39, 0.29) is 17.9 Å². The van der Waals surface area contributed by atoms with E-state index >= 15 is 0 Å². The third kappa shape index (κ3) is 4.88. The first-order valence-corrected chi connectivity index (χ1v) is 7.76. The first-order valence-electron chi connectivity index (χ1n) is 7.76. The number of rotatable bonds is 4. The van der Waals surface area contributed by atoms with Crippen LogP contribution >= 0.6 is 0 Å². The fourth-order valence-corrected chi connectivity index (χ4v) is 2.81. The van der Waals surface area contributed by atoms with E-state index in [1.165, 1.54) is 19.8 Å². The average molecular weight is 288 g/mol. The molecule has 0 radical (unpaired) electrons. The van der Waals surface area contributed by atoms with Crippen molar-refractivity contribution >= 4 is 11.8 Å². The van der Waals surface area contributed by atoms with Crippen LogP contribution in [0.5, 0.6) is 0 Å². The molecule has 1 aromatic carbocycles. The number of hydrogen-bond acceptors (Lipinski definition) is 2. The maximum absolute atomic E-state index is 12.5. The van der Waals surface area contributed by atoms with Crippen molar-refractivity contribution in [3.8, 4) is 0 Å². The fourth-order valence-electron chi connectivity index (χ4n) is 2.81. The van der Waals surface area contributed by atoms with Gasteiger partial charge in [0.1, 0.15) is 0 Å². The fraction of sp³-hybridized carbons (Fsp3) is 0.529. The van der Waals surface area contributed by atoms with E-state index < -0.39 is 0 Å². The standard InChI is InChI=1S/C17H24N2O2/c1-14(20)18-16(15-9-5-4-6-10-15)13-17(21)19-11-7-2-3-8-12-19/h4-6,9-10,16H,2-3,7-8,11-13H2,1H3,(H,18,20)/t16-/m0/s1. The highest BCUT2D eigenvalue weighted by molar-refractivity contribution is 5.79. The molecule has 1 N–H and O–H groups in total. The molecular formula is C17H24N2O2. The molecule has 0 spiro atoms. The minimum atomic E-state index is -0.237. The zero-order valence-corrected chi connectivity index (χ0v) is 12.7. The van der Waals surface area contributed by atoms with E-state index in [4.69, 9.17) is 0 Å². The molecule has 1 aliphatic heterocycles. The quantitative estimate of drug-likeness (QED) is 0.926. The molecular weight excluding hydrogens is 264 g/mol.